The number of nitrogens with zero attached hydrogens (tertiary/aromatic N) is 1. The predicted octanol–water partition coefficient (Wildman–Crippen LogP) is 14.7. The molecule has 10 rings (SSSR count). The van der Waals surface area contributed by atoms with Crippen LogP contribution in [-0.2, 0) is 5.41 Å². The van der Waals surface area contributed by atoms with Gasteiger partial charge in [0.15, 0.2) is 0 Å². The predicted molar refractivity (Wildman–Crippen MR) is 224 cm³/mol. The molecule has 4 aliphatic rings. The number of benzene rings is 6. The number of rotatable bonds is 7. The first-order valence-corrected chi connectivity index (χ1v) is 20.5. The summed E-state index contributed by atoms with van der Waals surface area (Å²) in [6, 6.07) is 53.4. The molecule has 53 heavy (non-hydrogen) atoms. The van der Waals surface area contributed by atoms with Crippen LogP contribution >= 0.6 is 0 Å². The third kappa shape index (κ3) is 5.67. The lowest BCUT2D eigenvalue weighted by molar-refractivity contribution is 0.420. The first-order valence-electron chi connectivity index (χ1n) is 20.5. The van der Waals surface area contributed by atoms with Gasteiger partial charge in [0.05, 0.1) is 0 Å². The highest BCUT2D eigenvalue weighted by Crippen LogP contribution is 2.55. The van der Waals surface area contributed by atoms with Gasteiger partial charge in [-0.2, -0.15) is 0 Å². The maximum atomic E-state index is 2.50. The largest absolute Gasteiger partial charge is 0.310 e. The summed E-state index contributed by atoms with van der Waals surface area (Å²) in [4.78, 5) is 2.50. The molecule has 6 aromatic rings. The van der Waals surface area contributed by atoms with E-state index in [9.17, 15) is 0 Å². The molecule has 1 heteroatoms. The minimum atomic E-state index is -0.116. The Bertz CT molecular complexity index is 2250. The molecule has 0 heterocycles. The first-order chi connectivity index (χ1) is 26.0. The van der Waals surface area contributed by atoms with Crippen molar-refractivity contribution in [2.75, 3.05) is 4.90 Å². The molecule has 0 spiro atoms. The molecule has 3 fully saturated rings. The Morgan fingerprint density at radius 1 is 0.509 bits per heavy atom. The first kappa shape index (κ1) is 32.7. The summed E-state index contributed by atoms with van der Waals surface area (Å²) in [6.07, 6.45) is 12.4. The van der Waals surface area contributed by atoms with Crippen molar-refractivity contribution >= 4 is 17.1 Å². The maximum absolute atomic E-state index is 2.50. The molecule has 0 amide bonds. The van der Waals surface area contributed by atoms with E-state index in [0.29, 0.717) is 5.92 Å². The molecule has 0 radical (unpaired) electrons. The van der Waals surface area contributed by atoms with Gasteiger partial charge >= 0.3 is 0 Å². The number of hydrogen-bond acceptors (Lipinski definition) is 1. The van der Waals surface area contributed by atoms with Gasteiger partial charge < -0.3 is 4.90 Å². The van der Waals surface area contributed by atoms with Gasteiger partial charge in [-0.15, -0.1) is 0 Å². The fourth-order valence-electron chi connectivity index (χ4n) is 11.1. The molecule has 4 aliphatic carbocycles. The second kappa shape index (κ2) is 13.2. The molecule has 0 aromatic heterocycles. The SMILES string of the molecule is CC1(C)c2cc(N(c3ccc(-c4ccccc4C4CCCCC4)cc3)c3ccc(C4CC5CCC4C5)cc3)ccc2-c2c(-c3ccccc3)cccc21. The van der Waals surface area contributed by atoms with Crippen molar-refractivity contribution in [2.24, 2.45) is 11.8 Å². The summed E-state index contributed by atoms with van der Waals surface area (Å²) in [5, 5.41) is 0. The zero-order valence-electron chi connectivity index (χ0n) is 31.4. The van der Waals surface area contributed by atoms with E-state index in [-0.39, 0.29) is 5.41 Å². The number of fused-ring (bicyclic) bond motifs is 5. The van der Waals surface area contributed by atoms with Gasteiger partial charge in [0.25, 0.3) is 0 Å². The van der Waals surface area contributed by atoms with Crippen LogP contribution in [0.2, 0.25) is 0 Å². The van der Waals surface area contributed by atoms with Gasteiger partial charge in [-0.3, -0.25) is 0 Å². The Morgan fingerprint density at radius 2 is 1.19 bits per heavy atom. The van der Waals surface area contributed by atoms with Crippen molar-refractivity contribution in [3.8, 4) is 33.4 Å². The highest BCUT2D eigenvalue weighted by Gasteiger charge is 2.40. The molecule has 1 nitrogen and oxygen atoms in total. The van der Waals surface area contributed by atoms with Gasteiger partial charge in [-0.25, -0.2) is 0 Å². The van der Waals surface area contributed by atoms with Crippen LogP contribution in [0.5, 0.6) is 0 Å². The molecular formula is C52H51N. The van der Waals surface area contributed by atoms with Crippen LogP contribution in [0.15, 0.2) is 140 Å². The molecule has 2 bridgehead atoms. The topological polar surface area (TPSA) is 3.24 Å². The van der Waals surface area contributed by atoms with E-state index in [1.807, 2.05) is 0 Å². The average Bonchev–Trinajstić information content (AvgIpc) is 3.92. The van der Waals surface area contributed by atoms with Crippen molar-refractivity contribution in [1.29, 1.82) is 0 Å². The lowest BCUT2D eigenvalue weighted by atomic mass is 9.81. The zero-order chi connectivity index (χ0) is 35.5. The van der Waals surface area contributed by atoms with E-state index >= 15 is 0 Å². The van der Waals surface area contributed by atoms with Crippen molar-refractivity contribution in [3.63, 3.8) is 0 Å². The Balaban J connectivity index is 1.06. The highest BCUT2D eigenvalue weighted by atomic mass is 15.1. The van der Waals surface area contributed by atoms with Crippen molar-refractivity contribution in [3.05, 3.63) is 162 Å². The minimum absolute atomic E-state index is 0.116. The normalized spacial score (nSPS) is 21.4. The fourth-order valence-corrected chi connectivity index (χ4v) is 11.1. The molecule has 264 valence electrons. The average molecular weight is 690 g/mol. The molecule has 0 N–H and O–H groups in total. The molecular weight excluding hydrogens is 639 g/mol. The van der Waals surface area contributed by atoms with E-state index in [0.717, 1.165) is 17.8 Å². The van der Waals surface area contributed by atoms with Crippen LogP contribution < -0.4 is 4.90 Å². The van der Waals surface area contributed by atoms with E-state index in [2.05, 4.69) is 158 Å². The van der Waals surface area contributed by atoms with E-state index < -0.39 is 0 Å². The number of hydrogen-bond donors (Lipinski definition) is 0. The van der Waals surface area contributed by atoms with Gasteiger partial charge in [0.2, 0.25) is 0 Å². The highest BCUT2D eigenvalue weighted by molar-refractivity contribution is 5.94. The summed E-state index contributed by atoms with van der Waals surface area (Å²) < 4.78 is 0. The lowest BCUT2D eigenvalue weighted by Crippen LogP contribution is -2.16. The second-order valence-electron chi connectivity index (χ2n) is 17.1. The molecule has 0 saturated heterocycles. The molecule has 3 saturated carbocycles. The summed E-state index contributed by atoms with van der Waals surface area (Å²) in [5.74, 6) is 3.24. The van der Waals surface area contributed by atoms with Crippen molar-refractivity contribution < 1.29 is 0 Å². The quantitative estimate of drug-likeness (QED) is 0.161. The maximum Gasteiger partial charge on any atom is 0.0465 e. The fraction of sp³-hybridized carbons (Fsp3) is 0.308. The Morgan fingerprint density at radius 3 is 1.92 bits per heavy atom. The minimum Gasteiger partial charge on any atom is -0.310 e. The second-order valence-corrected chi connectivity index (χ2v) is 17.1. The Hall–Kier alpha value is -4.88. The van der Waals surface area contributed by atoms with Crippen LogP contribution in [0.1, 0.15) is 106 Å². The van der Waals surface area contributed by atoms with Gasteiger partial charge in [0, 0.05) is 22.5 Å². The molecule has 3 atom stereocenters. The summed E-state index contributed by atoms with van der Waals surface area (Å²) >= 11 is 0. The lowest BCUT2D eigenvalue weighted by Gasteiger charge is -2.29. The molecule has 6 aromatic carbocycles. The van der Waals surface area contributed by atoms with Crippen LogP contribution in [0, 0.1) is 11.8 Å². The summed E-state index contributed by atoms with van der Waals surface area (Å²) in [6.45, 7) is 4.81. The van der Waals surface area contributed by atoms with Gasteiger partial charge in [-0.1, -0.05) is 143 Å². The Kier molecular flexibility index (Phi) is 8.16. The van der Waals surface area contributed by atoms with Crippen LogP contribution in [-0.4, -0.2) is 0 Å². The third-order valence-electron chi connectivity index (χ3n) is 13.8. The van der Waals surface area contributed by atoms with Crippen molar-refractivity contribution in [2.45, 2.75) is 88.9 Å². The third-order valence-corrected chi connectivity index (χ3v) is 13.8. The number of anilines is 3. The molecule has 3 unspecified atom stereocenters. The zero-order valence-corrected chi connectivity index (χ0v) is 31.4. The smallest absolute Gasteiger partial charge is 0.0465 e. The Labute approximate surface area is 316 Å². The van der Waals surface area contributed by atoms with Crippen LogP contribution in [0.25, 0.3) is 33.4 Å². The van der Waals surface area contributed by atoms with E-state index in [1.54, 1.807) is 0 Å². The van der Waals surface area contributed by atoms with Crippen LogP contribution in [0.4, 0.5) is 17.1 Å². The van der Waals surface area contributed by atoms with Crippen LogP contribution in [0.3, 0.4) is 0 Å². The monoisotopic (exact) mass is 689 g/mol. The molecule has 0 aliphatic heterocycles. The summed E-state index contributed by atoms with van der Waals surface area (Å²) in [5.41, 5.74) is 17.5. The van der Waals surface area contributed by atoms with Gasteiger partial charge in [0.1, 0.15) is 0 Å². The van der Waals surface area contributed by atoms with E-state index in [1.165, 1.54) is 130 Å². The van der Waals surface area contributed by atoms with Gasteiger partial charge in [-0.05, 0) is 148 Å². The van der Waals surface area contributed by atoms with Crippen molar-refractivity contribution in [1.82, 2.24) is 0 Å². The summed E-state index contributed by atoms with van der Waals surface area (Å²) in [7, 11) is 0. The standard InChI is InChI=1S/C52H51N/c1-52(2)49-19-11-18-46(37-14-7-4-8-15-37)51(49)47-31-30-43(34-50(47)52)53(42-28-24-39(25-29-42)48-33-35-20-21-40(48)32-35)41-26-22-38(23-27-41)45-17-10-9-16-44(45)36-12-5-3-6-13-36/h4,7-11,14-19,22-31,34-36,40,48H,3,5-6,12-13,20-21,32-33H2,1-2H3. The van der Waals surface area contributed by atoms with E-state index in [4.69, 9.17) is 0 Å².